The number of morpholine rings is 1. The van der Waals surface area contributed by atoms with Crippen molar-refractivity contribution in [1.29, 1.82) is 0 Å². The van der Waals surface area contributed by atoms with E-state index in [9.17, 15) is 13.2 Å². The average Bonchev–Trinajstić information content (AvgIpc) is 2.90. The summed E-state index contributed by atoms with van der Waals surface area (Å²) >= 11 is 6.15. The molecule has 0 unspecified atom stereocenters. The number of aryl methyl sites for hydroxylation is 1. The van der Waals surface area contributed by atoms with Gasteiger partial charge in [-0.25, -0.2) is 8.42 Å². The highest BCUT2D eigenvalue weighted by atomic mass is 35.5. The Kier molecular flexibility index (Phi) is 8.48. The standard InChI is InChI=1S/C26H27ClN2O6S/c1-33-24-11-9-22(36(31,32)29-13-15-34-16-14-29)17-19(24)7-12-26(30)28-23-18-20(27)8-10-25(23)35-21-5-3-2-4-6-21/h2-6,8-11,17-18H,7,12-16H2,1H3,(H,28,30). The first-order chi connectivity index (χ1) is 17.4. The molecule has 0 bridgehead atoms. The summed E-state index contributed by atoms with van der Waals surface area (Å²) in [5, 5.41) is 3.30. The summed E-state index contributed by atoms with van der Waals surface area (Å²) < 4.78 is 44.1. The number of sulfonamides is 1. The van der Waals surface area contributed by atoms with Crippen LogP contribution in [0.1, 0.15) is 12.0 Å². The SMILES string of the molecule is COc1ccc(S(=O)(=O)N2CCOCC2)cc1CCC(=O)Nc1cc(Cl)ccc1Oc1ccccc1. The highest BCUT2D eigenvalue weighted by Crippen LogP contribution is 2.32. The highest BCUT2D eigenvalue weighted by molar-refractivity contribution is 7.89. The zero-order chi connectivity index (χ0) is 25.5. The number of nitrogens with one attached hydrogen (secondary N) is 1. The van der Waals surface area contributed by atoms with Crippen molar-refractivity contribution >= 4 is 33.2 Å². The predicted molar refractivity (Wildman–Crippen MR) is 137 cm³/mol. The lowest BCUT2D eigenvalue weighted by Crippen LogP contribution is -2.40. The number of amides is 1. The van der Waals surface area contributed by atoms with Gasteiger partial charge in [-0.2, -0.15) is 4.31 Å². The molecule has 1 fully saturated rings. The smallest absolute Gasteiger partial charge is 0.243 e. The number of methoxy groups -OCH3 is 1. The first-order valence-corrected chi connectivity index (χ1v) is 13.3. The van der Waals surface area contributed by atoms with Gasteiger partial charge >= 0.3 is 0 Å². The largest absolute Gasteiger partial charge is 0.496 e. The molecule has 3 aromatic carbocycles. The van der Waals surface area contributed by atoms with Crippen LogP contribution >= 0.6 is 11.6 Å². The maximum absolute atomic E-state index is 13.1. The second-order valence-electron chi connectivity index (χ2n) is 8.09. The minimum atomic E-state index is -3.67. The molecule has 0 spiro atoms. The summed E-state index contributed by atoms with van der Waals surface area (Å²) in [5.41, 5.74) is 1.06. The molecule has 8 nitrogen and oxygen atoms in total. The number of nitrogens with zero attached hydrogens (tertiary/aromatic N) is 1. The fourth-order valence-electron chi connectivity index (χ4n) is 3.81. The van der Waals surface area contributed by atoms with Crippen LogP contribution < -0.4 is 14.8 Å². The van der Waals surface area contributed by atoms with E-state index in [0.717, 1.165) is 0 Å². The molecule has 10 heteroatoms. The van der Waals surface area contributed by atoms with Gasteiger partial charge in [0.2, 0.25) is 15.9 Å². The number of hydrogen-bond donors (Lipinski definition) is 1. The molecule has 0 aliphatic carbocycles. The van der Waals surface area contributed by atoms with Crippen LogP contribution in [0.2, 0.25) is 5.02 Å². The van der Waals surface area contributed by atoms with E-state index >= 15 is 0 Å². The van der Waals surface area contributed by atoms with Gasteiger partial charge in [-0.1, -0.05) is 29.8 Å². The number of ether oxygens (including phenoxy) is 3. The first-order valence-electron chi connectivity index (χ1n) is 11.4. The van der Waals surface area contributed by atoms with Gasteiger partial charge in [0.1, 0.15) is 11.5 Å². The maximum Gasteiger partial charge on any atom is 0.243 e. The Morgan fingerprint density at radius 2 is 1.75 bits per heavy atom. The summed E-state index contributed by atoms with van der Waals surface area (Å²) in [4.78, 5) is 13.0. The van der Waals surface area contributed by atoms with Gasteiger partial charge in [0.05, 0.1) is 30.9 Å². The molecule has 4 rings (SSSR count). The summed E-state index contributed by atoms with van der Waals surface area (Å²) in [7, 11) is -2.16. The summed E-state index contributed by atoms with van der Waals surface area (Å²) in [6.45, 7) is 1.34. The number of rotatable bonds is 9. The minimum absolute atomic E-state index is 0.0920. The third-order valence-corrected chi connectivity index (χ3v) is 7.80. The van der Waals surface area contributed by atoms with Crippen LogP contribution in [0.4, 0.5) is 5.69 Å². The molecule has 1 aliphatic rings. The Morgan fingerprint density at radius 1 is 1.03 bits per heavy atom. The Balaban J connectivity index is 1.47. The lowest BCUT2D eigenvalue weighted by molar-refractivity contribution is -0.116. The molecule has 36 heavy (non-hydrogen) atoms. The molecule has 3 aromatic rings. The fraction of sp³-hybridized carbons (Fsp3) is 0.269. The minimum Gasteiger partial charge on any atom is -0.496 e. The Labute approximate surface area is 215 Å². The number of para-hydroxylation sites is 1. The van der Waals surface area contributed by atoms with E-state index in [1.54, 1.807) is 30.3 Å². The zero-order valence-electron chi connectivity index (χ0n) is 19.8. The number of hydrogen-bond acceptors (Lipinski definition) is 6. The molecule has 1 amide bonds. The van der Waals surface area contributed by atoms with Crippen LogP contribution in [-0.4, -0.2) is 52.0 Å². The van der Waals surface area contributed by atoms with Crippen LogP contribution in [0.3, 0.4) is 0 Å². The van der Waals surface area contributed by atoms with Crippen LogP contribution in [0.5, 0.6) is 17.2 Å². The molecular weight excluding hydrogens is 504 g/mol. The van der Waals surface area contributed by atoms with E-state index in [1.165, 1.54) is 17.5 Å². The van der Waals surface area contributed by atoms with Crippen molar-refractivity contribution in [1.82, 2.24) is 4.31 Å². The zero-order valence-corrected chi connectivity index (χ0v) is 21.3. The van der Waals surface area contributed by atoms with Crippen LogP contribution in [0.15, 0.2) is 71.6 Å². The monoisotopic (exact) mass is 530 g/mol. The van der Waals surface area contributed by atoms with Gasteiger partial charge in [0, 0.05) is 24.5 Å². The lowest BCUT2D eigenvalue weighted by Gasteiger charge is -2.26. The predicted octanol–water partition coefficient (Wildman–Crippen LogP) is 4.73. The molecule has 0 aromatic heterocycles. The molecule has 1 saturated heterocycles. The van der Waals surface area contributed by atoms with E-state index in [1.807, 2.05) is 30.3 Å². The van der Waals surface area contributed by atoms with E-state index in [0.29, 0.717) is 59.8 Å². The quantitative estimate of drug-likeness (QED) is 0.430. The number of halogens is 1. The van der Waals surface area contributed by atoms with Crippen LogP contribution in [0.25, 0.3) is 0 Å². The maximum atomic E-state index is 13.1. The summed E-state index contributed by atoms with van der Waals surface area (Å²) in [6.07, 6.45) is 0.367. The summed E-state index contributed by atoms with van der Waals surface area (Å²) in [5.74, 6) is 1.31. The second-order valence-corrected chi connectivity index (χ2v) is 10.5. The molecule has 190 valence electrons. The van der Waals surface area contributed by atoms with E-state index in [4.69, 9.17) is 25.8 Å². The van der Waals surface area contributed by atoms with E-state index in [-0.39, 0.29) is 23.6 Å². The molecule has 1 aliphatic heterocycles. The normalized spacial score (nSPS) is 14.3. The van der Waals surface area contributed by atoms with Gasteiger partial charge in [0.25, 0.3) is 0 Å². The average molecular weight is 531 g/mol. The number of carbonyl (C=O) groups excluding carboxylic acids is 1. The second kappa shape index (κ2) is 11.7. The topological polar surface area (TPSA) is 94.2 Å². The van der Waals surface area contributed by atoms with Crippen molar-refractivity contribution in [2.45, 2.75) is 17.7 Å². The highest BCUT2D eigenvalue weighted by Gasteiger charge is 2.27. The fourth-order valence-corrected chi connectivity index (χ4v) is 5.44. The molecule has 0 saturated carbocycles. The Bertz CT molecular complexity index is 1310. The lowest BCUT2D eigenvalue weighted by atomic mass is 10.1. The number of benzene rings is 3. The third-order valence-electron chi connectivity index (χ3n) is 5.67. The van der Waals surface area contributed by atoms with Crippen molar-refractivity contribution in [3.8, 4) is 17.2 Å². The third kappa shape index (κ3) is 6.36. The van der Waals surface area contributed by atoms with Gasteiger partial charge in [-0.15, -0.1) is 0 Å². The van der Waals surface area contributed by atoms with E-state index in [2.05, 4.69) is 5.32 Å². The molecule has 1 heterocycles. The van der Waals surface area contributed by atoms with Gasteiger partial charge in [0.15, 0.2) is 5.75 Å². The molecular formula is C26H27ClN2O6S. The van der Waals surface area contributed by atoms with Crippen LogP contribution in [-0.2, 0) is 26.0 Å². The van der Waals surface area contributed by atoms with Crippen molar-refractivity contribution < 1.29 is 27.4 Å². The van der Waals surface area contributed by atoms with Crippen molar-refractivity contribution in [2.24, 2.45) is 0 Å². The van der Waals surface area contributed by atoms with Crippen molar-refractivity contribution in [3.05, 3.63) is 77.3 Å². The van der Waals surface area contributed by atoms with Crippen LogP contribution in [0, 0.1) is 0 Å². The molecule has 0 atom stereocenters. The number of carbonyl (C=O) groups is 1. The summed E-state index contributed by atoms with van der Waals surface area (Å²) in [6, 6.07) is 18.9. The van der Waals surface area contributed by atoms with Gasteiger partial charge < -0.3 is 19.5 Å². The van der Waals surface area contributed by atoms with Crippen molar-refractivity contribution in [2.75, 3.05) is 38.7 Å². The Morgan fingerprint density at radius 3 is 2.47 bits per heavy atom. The molecule has 0 radical (unpaired) electrons. The van der Waals surface area contributed by atoms with E-state index < -0.39 is 10.0 Å². The van der Waals surface area contributed by atoms with Gasteiger partial charge in [-0.05, 0) is 60.5 Å². The first kappa shape index (κ1) is 26.0. The number of anilines is 1. The van der Waals surface area contributed by atoms with Gasteiger partial charge in [-0.3, -0.25) is 4.79 Å². The Hall–Kier alpha value is -3.11. The van der Waals surface area contributed by atoms with Crippen molar-refractivity contribution in [3.63, 3.8) is 0 Å². The molecule has 1 N–H and O–H groups in total.